The smallest absolute Gasteiger partial charge is 0.152 e. The normalized spacial score (nSPS) is 13.6. The molecule has 0 saturated heterocycles. The summed E-state index contributed by atoms with van der Waals surface area (Å²) >= 11 is 3.28. The Morgan fingerprint density at radius 3 is 2.85 bits per heavy atom. The van der Waals surface area contributed by atoms with Gasteiger partial charge < -0.3 is 5.32 Å². The summed E-state index contributed by atoms with van der Waals surface area (Å²) in [5.74, 6) is 0.338. The molecule has 0 aliphatic heterocycles. The van der Waals surface area contributed by atoms with Crippen molar-refractivity contribution in [1.82, 2.24) is 4.98 Å². The standard InChI is InChI=1S/C13H18N2O2S3/c1-4-20(16,17)8-9(2)14-10-5-6-11-12(7-10)19-13(15-11)18-3/h5-7,9,14H,4,8H2,1-3H3. The van der Waals surface area contributed by atoms with E-state index in [0.29, 0.717) is 0 Å². The molecule has 110 valence electrons. The third kappa shape index (κ3) is 3.86. The van der Waals surface area contributed by atoms with E-state index in [2.05, 4.69) is 10.3 Å². The molecule has 1 N–H and O–H groups in total. The van der Waals surface area contributed by atoms with Crippen molar-refractivity contribution < 1.29 is 8.42 Å². The lowest BCUT2D eigenvalue weighted by Crippen LogP contribution is -2.26. The molecule has 0 amide bonds. The van der Waals surface area contributed by atoms with E-state index in [1.54, 1.807) is 30.0 Å². The number of fused-ring (bicyclic) bond motifs is 1. The highest BCUT2D eigenvalue weighted by atomic mass is 32.2. The van der Waals surface area contributed by atoms with Crippen molar-refractivity contribution in [2.45, 2.75) is 24.2 Å². The number of anilines is 1. The monoisotopic (exact) mass is 330 g/mol. The Bertz CT molecular complexity index is 695. The topological polar surface area (TPSA) is 59.1 Å². The summed E-state index contributed by atoms with van der Waals surface area (Å²) in [5.41, 5.74) is 1.92. The number of sulfone groups is 1. The highest BCUT2D eigenvalue weighted by molar-refractivity contribution is 8.00. The summed E-state index contributed by atoms with van der Waals surface area (Å²) in [7, 11) is -2.96. The predicted molar refractivity (Wildman–Crippen MR) is 88.8 cm³/mol. The second-order valence-electron chi connectivity index (χ2n) is 4.61. The van der Waals surface area contributed by atoms with Crippen LogP contribution in [0.5, 0.6) is 0 Å². The van der Waals surface area contributed by atoms with E-state index in [1.807, 2.05) is 31.4 Å². The number of aromatic nitrogens is 1. The van der Waals surface area contributed by atoms with Gasteiger partial charge in [0.2, 0.25) is 0 Å². The highest BCUT2D eigenvalue weighted by Gasteiger charge is 2.14. The molecule has 2 aromatic rings. The maximum Gasteiger partial charge on any atom is 0.152 e. The average molecular weight is 331 g/mol. The number of rotatable bonds is 6. The van der Waals surface area contributed by atoms with Gasteiger partial charge in [0.05, 0.1) is 16.0 Å². The van der Waals surface area contributed by atoms with Gasteiger partial charge in [-0.2, -0.15) is 0 Å². The average Bonchev–Trinajstić information content (AvgIpc) is 2.80. The third-order valence-corrected chi connectivity index (χ3v) is 6.79. The quantitative estimate of drug-likeness (QED) is 0.824. The summed E-state index contributed by atoms with van der Waals surface area (Å²) in [6.45, 7) is 3.56. The number of nitrogens with one attached hydrogen (secondary N) is 1. The first-order valence-electron chi connectivity index (χ1n) is 6.35. The van der Waals surface area contributed by atoms with E-state index in [1.165, 1.54) is 0 Å². The van der Waals surface area contributed by atoms with Crippen LogP contribution in [-0.4, -0.2) is 37.2 Å². The molecule has 0 aliphatic rings. The van der Waals surface area contributed by atoms with Crippen molar-refractivity contribution in [3.63, 3.8) is 0 Å². The summed E-state index contributed by atoms with van der Waals surface area (Å²) in [6.07, 6.45) is 2.01. The number of hydrogen-bond donors (Lipinski definition) is 1. The Kier molecular flexibility index (Phi) is 4.93. The summed E-state index contributed by atoms with van der Waals surface area (Å²) in [6, 6.07) is 5.84. The molecule has 2 rings (SSSR count). The van der Waals surface area contributed by atoms with E-state index in [4.69, 9.17) is 0 Å². The van der Waals surface area contributed by atoms with Gasteiger partial charge in [-0.25, -0.2) is 13.4 Å². The van der Waals surface area contributed by atoms with E-state index in [9.17, 15) is 8.42 Å². The molecule has 0 saturated carbocycles. The molecule has 1 aromatic carbocycles. The maximum atomic E-state index is 11.6. The van der Waals surface area contributed by atoms with E-state index in [-0.39, 0.29) is 17.5 Å². The molecule has 1 atom stereocenters. The van der Waals surface area contributed by atoms with Crippen molar-refractivity contribution in [2.75, 3.05) is 23.1 Å². The van der Waals surface area contributed by atoms with Crippen LogP contribution in [0.1, 0.15) is 13.8 Å². The van der Waals surface area contributed by atoms with Gasteiger partial charge in [0.15, 0.2) is 14.2 Å². The Labute approximate surface area is 127 Å². The third-order valence-electron chi connectivity index (χ3n) is 2.90. The zero-order chi connectivity index (χ0) is 14.8. The Hall–Kier alpha value is -0.790. The van der Waals surface area contributed by atoms with Crippen LogP contribution in [0, 0.1) is 0 Å². The van der Waals surface area contributed by atoms with Crippen LogP contribution in [0.2, 0.25) is 0 Å². The van der Waals surface area contributed by atoms with Gasteiger partial charge in [0.25, 0.3) is 0 Å². The van der Waals surface area contributed by atoms with Gasteiger partial charge in [-0.15, -0.1) is 11.3 Å². The molecule has 4 nitrogen and oxygen atoms in total. The van der Waals surface area contributed by atoms with Crippen molar-refractivity contribution in [1.29, 1.82) is 0 Å². The predicted octanol–water partition coefficient (Wildman–Crippen LogP) is 3.25. The van der Waals surface area contributed by atoms with Crippen molar-refractivity contribution >= 4 is 48.8 Å². The molecule has 0 aliphatic carbocycles. The fourth-order valence-corrected chi connectivity index (χ4v) is 4.51. The van der Waals surface area contributed by atoms with Gasteiger partial charge in [-0.05, 0) is 31.4 Å². The number of thioether (sulfide) groups is 1. The first kappa shape index (κ1) is 15.6. The van der Waals surface area contributed by atoms with Gasteiger partial charge in [0.1, 0.15) is 0 Å². The molecule has 7 heteroatoms. The van der Waals surface area contributed by atoms with Gasteiger partial charge in [-0.3, -0.25) is 0 Å². The molecule has 1 heterocycles. The second-order valence-corrected chi connectivity index (χ2v) is 9.09. The molecule has 1 aromatic heterocycles. The van der Waals surface area contributed by atoms with Crippen LogP contribution in [0.15, 0.2) is 22.5 Å². The Morgan fingerprint density at radius 1 is 1.45 bits per heavy atom. The zero-order valence-corrected chi connectivity index (χ0v) is 14.2. The highest BCUT2D eigenvalue weighted by Crippen LogP contribution is 2.30. The molecular formula is C13H18N2O2S3. The van der Waals surface area contributed by atoms with Crippen molar-refractivity contribution in [2.24, 2.45) is 0 Å². The largest absolute Gasteiger partial charge is 0.382 e. The zero-order valence-electron chi connectivity index (χ0n) is 11.7. The van der Waals surface area contributed by atoms with Gasteiger partial charge in [0, 0.05) is 17.5 Å². The molecule has 20 heavy (non-hydrogen) atoms. The lowest BCUT2D eigenvalue weighted by molar-refractivity contribution is 0.593. The van der Waals surface area contributed by atoms with Crippen molar-refractivity contribution in [3.8, 4) is 0 Å². The van der Waals surface area contributed by atoms with Crippen LogP contribution in [-0.2, 0) is 9.84 Å². The minimum absolute atomic E-state index is 0.106. The first-order valence-corrected chi connectivity index (χ1v) is 10.2. The number of hydrogen-bond acceptors (Lipinski definition) is 6. The Balaban J connectivity index is 2.13. The molecular weight excluding hydrogens is 312 g/mol. The van der Waals surface area contributed by atoms with Crippen LogP contribution in [0.4, 0.5) is 5.69 Å². The van der Waals surface area contributed by atoms with Crippen LogP contribution in [0.25, 0.3) is 10.2 Å². The summed E-state index contributed by atoms with van der Waals surface area (Å²) in [5, 5.41) is 3.24. The van der Waals surface area contributed by atoms with Crippen LogP contribution in [0.3, 0.4) is 0 Å². The molecule has 0 spiro atoms. The number of benzene rings is 1. The number of nitrogens with zero attached hydrogens (tertiary/aromatic N) is 1. The fourth-order valence-electron chi connectivity index (χ4n) is 1.91. The van der Waals surface area contributed by atoms with E-state index >= 15 is 0 Å². The van der Waals surface area contributed by atoms with Crippen LogP contribution >= 0.6 is 23.1 Å². The first-order chi connectivity index (χ1) is 9.43. The van der Waals surface area contributed by atoms with E-state index < -0.39 is 9.84 Å². The maximum absolute atomic E-state index is 11.6. The van der Waals surface area contributed by atoms with Crippen molar-refractivity contribution in [3.05, 3.63) is 18.2 Å². The Morgan fingerprint density at radius 2 is 2.20 bits per heavy atom. The van der Waals surface area contributed by atoms with Gasteiger partial charge in [-0.1, -0.05) is 18.7 Å². The summed E-state index contributed by atoms with van der Waals surface area (Å²) in [4.78, 5) is 4.48. The van der Waals surface area contributed by atoms with Gasteiger partial charge >= 0.3 is 0 Å². The molecule has 1 unspecified atom stereocenters. The lowest BCUT2D eigenvalue weighted by atomic mass is 10.2. The molecule has 0 fully saturated rings. The fraction of sp³-hybridized carbons (Fsp3) is 0.462. The minimum atomic E-state index is -2.96. The second kappa shape index (κ2) is 6.32. The molecule has 0 bridgehead atoms. The number of thiazole rings is 1. The van der Waals surface area contributed by atoms with Crippen LogP contribution < -0.4 is 5.32 Å². The summed E-state index contributed by atoms with van der Waals surface area (Å²) < 4.78 is 25.4. The SMILES string of the molecule is CCS(=O)(=O)CC(C)Nc1ccc2nc(SC)sc2c1. The minimum Gasteiger partial charge on any atom is -0.382 e. The van der Waals surface area contributed by atoms with E-state index in [0.717, 1.165) is 20.2 Å². The lowest BCUT2D eigenvalue weighted by Gasteiger charge is -2.14. The molecule has 0 radical (unpaired) electrons.